The van der Waals surface area contributed by atoms with Gasteiger partial charge in [0.15, 0.2) is 0 Å². The van der Waals surface area contributed by atoms with Crippen LogP contribution in [0.2, 0.25) is 0 Å². The average molecular weight is 690 g/mol. The summed E-state index contributed by atoms with van der Waals surface area (Å²) in [6.07, 6.45) is 2.40. The summed E-state index contributed by atoms with van der Waals surface area (Å²) in [6, 6.07) is 30.4. The third kappa shape index (κ3) is 8.48. The minimum absolute atomic E-state index is 0.106. The number of hydrogen-bond acceptors (Lipinski definition) is 8. The van der Waals surface area contributed by atoms with Crippen LogP contribution >= 0.6 is 34.4 Å². The van der Waals surface area contributed by atoms with Gasteiger partial charge in [0.2, 0.25) is 5.91 Å². The Balaban J connectivity index is 1.07. The number of nitrogens with one attached hydrogen (secondary N) is 3. The molecule has 1 aliphatic rings. The Kier molecular flexibility index (Phi) is 10.8. The summed E-state index contributed by atoms with van der Waals surface area (Å²) < 4.78 is 0. The largest absolute Gasteiger partial charge is 0.321 e. The molecular weight excluding hydrogens is 659 g/mol. The number of thiophene rings is 2. The van der Waals surface area contributed by atoms with E-state index >= 15 is 0 Å². The monoisotopic (exact) mass is 689 g/mol. The summed E-state index contributed by atoms with van der Waals surface area (Å²) in [7, 11) is 0. The zero-order valence-corrected chi connectivity index (χ0v) is 28.2. The van der Waals surface area contributed by atoms with Crippen molar-refractivity contribution in [3.05, 3.63) is 140 Å². The van der Waals surface area contributed by atoms with E-state index in [1.807, 2.05) is 47.2 Å². The van der Waals surface area contributed by atoms with Crippen molar-refractivity contribution < 1.29 is 14.4 Å². The fourth-order valence-electron chi connectivity index (χ4n) is 5.28. The first-order valence-electron chi connectivity index (χ1n) is 15.2. The van der Waals surface area contributed by atoms with Crippen LogP contribution in [0.1, 0.15) is 37.5 Å². The lowest BCUT2D eigenvalue weighted by molar-refractivity contribution is -0.114. The minimum atomic E-state index is -0.474. The topological polar surface area (TPSA) is 114 Å². The second-order valence-corrected chi connectivity index (χ2v) is 14.0. The summed E-state index contributed by atoms with van der Waals surface area (Å²) >= 11 is 4.30. The van der Waals surface area contributed by atoms with Crippen LogP contribution in [0.5, 0.6) is 0 Å². The number of thioether (sulfide) groups is 1. The number of carbonyl (C=O) groups is 3. The minimum Gasteiger partial charge on any atom is -0.321 e. The lowest BCUT2D eigenvalue weighted by Gasteiger charge is -2.26. The lowest BCUT2D eigenvalue weighted by Crippen LogP contribution is -2.30. The van der Waals surface area contributed by atoms with Crippen LogP contribution in [0.3, 0.4) is 0 Å². The van der Waals surface area contributed by atoms with Crippen molar-refractivity contribution >= 4 is 68.9 Å². The van der Waals surface area contributed by atoms with Gasteiger partial charge in [-0.05, 0) is 76.3 Å². The van der Waals surface area contributed by atoms with Gasteiger partial charge in [-0.1, -0.05) is 54.6 Å². The number of carbonyl (C=O) groups excluding carboxylic acids is 3. The fourth-order valence-corrected chi connectivity index (χ4v) is 7.91. The summed E-state index contributed by atoms with van der Waals surface area (Å²) in [5.74, 6) is -0.951. The van der Waals surface area contributed by atoms with E-state index in [4.69, 9.17) is 0 Å². The highest BCUT2D eigenvalue weighted by molar-refractivity contribution is 8.00. The van der Waals surface area contributed by atoms with Gasteiger partial charge >= 0.3 is 0 Å². The van der Waals surface area contributed by atoms with Gasteiger partial charge in [-0.3, -0.25) is 19.3 Å². The molecule has 1 aliphatic heterocycles. The van der Waals surface area contributed by atoms with Gasteiger partial charge in [0.25, 0.3) is 11.8 Å². The highest BCUT2D eigenvalue weighted by Crippen LogP contribution is 2.37. The molecule has 48 heavy (non-hydrogen) atoms. The highest BCUT2D eigenvalue weighted by atomic mass is 32.2. The number of nitrogens with zero attached hydrogens (tertiary/aromatic N) is 2. The number of hydrogen-bond donors (Lipinski definition) is 3. The second kappa shape index (κ2) is 15.7. The van der Waals surface area contributed by atoms with E-state index in [-0.39, 0.29) is 17.4 Å². The molecule has 5 aromatic rings. The average Bonchev–Trinajstić information content (AvgIpc) is 3.75. The molecule has 6 rings (SSSR count). The van der Waals surface area contributed by atoms with Gasteiger partial charge in [0, 0.05) is 40.7 Å². The van der Waals surface area contributed by atoms with Gasteiger partial charge in [-0.25, -0.2) is 0 Å². The second-order valence-electron chi connectivity index (χ2n) is 11.0. The van der Waals surface area contributed by atoms with Crippen LogP contribution < -0.4 is 16.0 Å². The van der Waals surface area contributed by atoms with Gasteiger partial charge in [-0.2, -0.15) is 16.6 Å². The summed E-state index contributed by atoms with van der Waals surface area (Å²) in [5, 5.41) is 22.9. The van der Waals surface area contributed by atoms with Crippen LogP contribution in [0.25, 0.3) is 6.08 Å². The third-order valence-corrected chi connectivity index (χ3v) is 10.4. The lowest BCUT2D eigenvalue weighted by atomic mass is 10.0. The van der Waals surface area contributed by atoms with Crippen molar-refractivity contribution in [2.24, 2.45) is 0 Å². The van der Waals surface area contributed by atoms with Crippen molar-refractivity contribution in [3.63, 3.8) is 0 Å². The van der Waals surface area contributed by atoms with Crippen LogP contribution in [0, 0.1) is 11.3 Å². The van der Waals surface area contributed by atoms with Crippen molar-refractivity contribution in [2.75, 3.05) is 22.9 Å². The number of fused-ring (bicyclic) bond motifs is 1. The molecule has 3 heterocycles. The first kappa shape index (κ1) is 32.9. The molecule has 0 saturated carbocycles. The molecule has 0 fully saturated rings. The SMILES string of the molecule is N#Cc1c(NC(=O)CSc2cccc(NC(=O)/C(=C/c3ccsc3)NC(=O)c3ccccc3)c2)sc2c1CCN(Cc1ccccc1)C2. The maximum Gasteiger partial charge on any atom is 0.272 e. The molecule has 240 valence electrons. The Morgan fingerprint density at radius 2 is 1.75 bits per heavy atom. The molecule has 0 unspecified atom stereocenters. The molecule has 0 saturated heterocycles. The van der Waals surface area contributed by atoms with Crippen molar-refractivity contribution in [1.82, 2.24) is 10.2 Å². The number of anilines is 2. The molecule has 0 aliphatic carbocycles. The molecule has 0 spiro atoms. The molecule has 0 bridgehead atoms. The molecule has 0 radical (unpaired) electrons. The Morgan fingerprint density at radius 3 is 2.50 bits per heavy atom. The summed E-state index contributed by atoms with van der Waals surface area (Å²) in [5.41, 5.74) is 4.70. The fraction of sp³-hybridized carbons (Fsp3) is 0.135. The van der Waals surface area contributed by atoms with Crippen LogP contribution in [-0.2, 0) is 29.1 Å². The third-order valence-electron chi connectivity index (χ3n) is 7.59. The molecule has 3 amide bonds. The Bertz CT molecular complexity index is 1980. The van der Waals surface area contributed by atoms with E-state index in [0.29, 0.717) is 21.8 Å². The van der Waals surface area contributed by atoms with E-state index in [1.54, 1.807) is 48.5 Å². The smallest absolute Gasteiger partial charge is 0.272 e. The van der Waals surface area contributed by atoms with Crippen LogP contribution in [0.15, 0.2) is 112 Å². The van der Waals surface area contributed by atoms with Crippen molar-refractivity contribution in [3.8, 4) is 6.07 Å². The van der Waals surface area contributed by atoms with E-state index < -0.39 is 11.8 Å². The van der Waals surface area contributed by atoms with Crippen molar-refractivity contribution in [1.29, 1.82) is 5.26 Å². The number of amides is 3. The first-order chi connectivity index (χ1) is 23.4. The van der Waals surface area contributed by atoms with E-state index in [0.717, 1.165) is 47.0 Å². The zero-order valence-electron chi connectivity index (χ0n) is 25.8. The van der Waals surface area contributed by atoms with Gasteiger partial charge in [0.05, 0.1) is 11.3 Å². The molecular formula is C37H31N5O3S3. The molecule has 3 aromatic carbocycles. The predicted octanol–water partition coefficient (Wildman–Crippen LogP) is 7.38. The van der Waals surface area contributed by atoms with Gasteiger partial charge in [-0.15, -0.1) is 23.1 Å². The van der Waals surface area contributed by atoms with Gasteiger partial charge in [0.1, 0.15) is 16.8 Å². The van der Waals surface area contributed by atoms with E-state index in [2.05, 4.69) is 39.1 Å². The standard InChI is InChI=1S/C37H31N5O3S3/c38-20-31-30-14-16-42(21-25-8-3-1-4-9-25)22-33(30)48-37(31)41-34(43)24-47-29-13-7-12-28(19-29)39-36(45)32(18-26-15-17-46-23-26)40-35(44)27-10-5-2-6-11-27/h1-13,15,17-19,23H,14,16,21-22,24H2,(H,39,45)(H,40,44)(H,41,43)/b32-18-. The normalized spacial score (nSPS) is 12.9. The number of nitriles is 1. The summed E-state index contributed by atoms with van der Waals surface area (Å²) in [6.45, 7) is 2.44. The molecule has 3 N–H and O–H groups in total. The van der Waals surface area contributed by atoms with Crippen LogP contribution in [-0.4, -0.2) is 34.9 Å². The maximum absolute atomic E-state index is 13.4. The number of benzene rings is 3. The van der Waals surface area contributed by atoms with Crippen LogP contribution in [0.4, 0.5) is 10.7 Å². The number of rotatable bonds is 11. The molecule has 0 atom stereocenters. The zero-order chi connectivity index (χ0) is 33.3. The first-order valence-corrected chi connectivity index (χ1v) is 17.9. The quantitative estimate of drug-likeness (QED) is 0.0986. The molecule has 2 aromatic heterocycles. The maximum atomic E-state index is 13.4. The Hall–Kier alpha value is -4.99. The predicted molar refractivity (Wildman–Crippen MR) is 194 cm³/mol. The molecule has 8 nitrogen and oxygen atoms in total. The molecule has 11 heteroatoms. The van der Waals surface area contributed by atoms with E-state index in [9.17, 15) is 19.6 Å². The van der Waals surface area contributed by atoms with Gasteiger partial charge < -0.3 is 16.0 Å². The highest BCUT2D eigenvalue weighted by Gasteiger charge is 2.25. The Labute approximate surface area is 291 Å². The van der Waals surface area contributed by atoms with E-state index in [1.165, 1.54) is 40.0 Å². The van der Waals surface area contributed by atoms with Crippen molar-refractivity contribution in [2.45, 2.75) is 24.4 Å². The Morgan fingerprint density at radius 1 is 0.958 bits per heavy atom. The summed E-state index contributed by atoms with van der Waals surface area (Å²) in [4.78, 5) is 43.5.